The molecule has 142 valence electrons. The van der Waals surface area contributed by atoms with Crippen LogP contribution in [-0.4, -0.2) is 48.7 Å². The molecule has 0 unspecified atom stereocenters. The average molecular weight is 367 g/mol. The first-order valence-electron chi connectivity index (χ1n) is 9.49. The Bertz CT molecular complexity index is 835. The Morgan fingerprint density at radius 3 is 2.70 bits per heavy atom. The Labute approximate surface area is 159 Å². The van der Waals surface area contributed by atoms with Crippen LogP contribution >= 0.6 is 0 Å². The van der Waals surface area contributed by atoms with Crippen molar-refractivity contribution in [3.8, 4) is 11.5 Å². The van der Waals surface area contributed by atoms with E-state index in [0.29, 0.717) is 12.1 Å². The summed E-state index contributed by atoms with van der Waals surface area (Å²) in [7, 11) is 0. The highest BCUT2D eigenvalue weighted by atomic mass is 16.7. The van der Waals surface area contributed by atoms with E-state index in [1.54, 1.807) is 0 Å². The van der Waals surface area contributed by atoms with Crippen LogP contribution in [0.15, 0.2) is 42.5 Å². The van der Waals surface area contributed by atoms with Crippen molar-refractivity contribution in [3.63, 3.8) is 0 Å². The van der Waals surface area contributed by atoms with E-state index in [2.05, 4.69) is 24.1 Å². The van der Waals surface area contributed by atoms with Crippen molar-refractivity contribution in [3.05, 3.63) is 53.6 Å². The molecule has 0 saturated heterocycles. The molecule has 0 radical (unpaired) electrons. The average Bonchev–Trinajstić information content (AvgIpc) is 3.18. The molecule has 0 aromatic heterocycles. The van der Waals surface area contributed by atoms with E-state index in [-0.39, 0.29) is 18.9 Å². The number of carbonyl (C=O) groups is 1. The number of amides is 1. The summed E-state index contributed by atoms with van der Waals surface area (Å²) < 4.78 is 11.0. The van der Waals surface area contributed by atoms with Gasteiger partial charge in [0.05, 0.1) is 5.56 Å². The number of para-hydroxylation sites is 1. The summed E-state index contributed by atoms with van der Waals surface area (Å²) in [5.41, 5.74) is 2.57. The molecular formula is C21H25N3O3. The van der Waals surface area contributed by atoms with Gasteiger partial charge in [-0.25, -0.2) is 0 Å². The first-order valence-corrected chi connectivity index (χ1v) is 9.49. The fourth-order valence-electron chi connectivity index (χ4n) is 3.66. The number of rotatable bonds is 6. The number of anilines is 1. The standard InChI is InChI=1S/C21H25N3O3/c1-3-23(4-2)11-12-24-20(15-9-10-18-19(13-15)27-14-26-18)22-17-8-6-5-7-16(17)21(24)25/h5-10,13,20,22H,3-4,11-12,14H2,1-2H3/t20-/m0/s1. The second-order valence-corrected chi connectivity index (χ2v) is 6.73. The Morgan fingerprint density at radius 2 is 1.89 bits per heavy atom. The van der Waals surface area contributed by atoms with Gasteiger partial charge >= 0.3 is 0 Å². The van der Waals surface area contributed by atoms with Crippen LogP contribution in [0.25, 0.3) is 0 Å². The first kappa shape index (κ1) is 17.7. The lowest BCUT2D eigenvalue weighted by Gasteiger charge is -2.39. The molecule has 1 atom stereocenters. The SMILES string of the molecule is CCN(CC)CCN1C(=O)c2ccccc2N[C@@H]1c1ccc2c(c1)OCO2. The van der Waals surface area contributed by atoms with Gasteiger partial charge in [-0.3, -0.25) is 4.79 Å². The maximum absolute atomic E-state index is 13.2. The number of hydrogen-bond donors (Lipinski definition) is 1. The number of nitrogens with zero attached hydrogens (tertiary/aromatic N) is 2. The molecule has 2 aliphatic heterocycles. The normalized spacial score (nSPS) is 17.8. The van der Waals surface area contributed by atoms with Crippen LogP contribution in [-0.2, 0) is 0 Å². The molecule has 2 aromatic carbocycles. The number of nitrogens with one attached hydrogen (secondary N) is 1. The Balaban J connectivity index is 1.67. The second kappa shape index (κ2) is 7.48. The molecule has 2 heterocycles. The van der Waals surface area contributed by atoms with Gasteiger partial charge in [-0.05, 0) is 42.9 Å². The van der Waals surface area contributed by atoms with Gasteiger partial charge in [0.15, 0.2) is 11.5 Å². The van der Waals surface area contributed by atoms with E-state index in [0.717, 1.165) is 42.4 Å². The third kappa shape index (κ3) is 3.32. The van der Waals surface area contributed by atoms with Crippen molar-refractivity contribution in [1.29, 1.82) is 0 Å². The van der Waals surface area contributed by atoms with Crippen LogP contribution in [0.5, 0.6) is 11.5 Å². The van der Waals surface area contributed by atoms with Crippen molar-refractivity contribution >= 4 is 11.6 Å². The minimum atomic E-state index is -0.238. The van der Waals surface area contributed by atoms with Crippen LogP contribution in [0.2, 0.25) is 0 Å². The van der Waals surface area contributed by atoms with Crippen LogP contribution in [0.3, 0.4) is 0 Å². The Hall–Kier alpha value is -2.73. The molecule has 0 aliphatic carbocycles. The molecule has 2 aromatic rings. The molecule has 2 aliphatic rings. The van der Waals surface area contributed by atoms with Crippen LogP contribution in [0, 0.1) is 0 Å². The number of ether oxygens (including phenoxy) is 2. The monoisotopic (exact) mass is 367 g/mol. The van der Waals surface area contributed by atoms with Crippen LogP contribution in [0.4, 0.5) is 5.69 Å². The molecule has 4 rings (SSSR count). The smallest absolute Gasteiger partial charge is 0.257 e. The molecule has 0 saturated carbocycles. The van der Waals surface area contributed by atoms with Crippen molar-refractivity contribution in [2.45, 2.75) is 20.0 Å². The lowest BCUT2D eigenvalue weighted by molar-refractivity contribution is 0.0660. The Kier molecular flexibility index (Phi) is 4.90. The predicted molar refractivity (Wildman–Crippen MR) is 104 cm³/mol. The molecule has 27 heavy (non-hydrogen) atoms. The summed E-state index contributed by atoms with van der Waals surface area (Å²) in [4.78, 5) is 17.5. The molecule has 1 amide bonds. The maximum atomic E-state index is 13.2. The van der Waals surface area contributed by atoms with Gasteiger partial charge in [-0.1, -0.05) is 32.0 Å². The zero-order valence-corrected chi connectivity index (χ0v) is 15.8. The minimum absolute atomic E-state index is 0.0548. The lowest BCUT2D eigenvalue weighted by Crippen LogP contribution is -2.46. The molecule has 1 N–H and O–H groups in total. The van der Waals surface area contributed by atoms with Crippen molar-refractivity contribution in [1.82, 2.24) is 9.80 Å². The van der Waals surface area contributed by atoms with Gasteiger partial charge in [0, 0.05) is 18.8 Å². The molecular weight excluding hydrogens is 342 g/mol. The van der Waals surface area contributed by atoms with Gasteiger partial charge < -0.3 is 24.6 Å². The highest BCUT2D eigenvalue weighted by Gasteiger charge is 2.33. The summed E-state index contributed by atoms with van der Waals surface area (Å²) in [6.07, 6.45) is -0.238. The first-order chi connectivity index (χ1) is 13.2. The second-order valence-electron chi connectivity index (χ2n) is 6.73. The summed E-state index contributed by atoms with van der Waals surface area (Å²) >= 11 is 0. The molecule has 0 bridgehead atoms. The van der Waals surface area contributed by atoms with E-state index in [1.807, 2.05) is 47.4 Å². The van der Waals surface area contributed by atoms with E-state index in [9.17, 15) is 4.79 Å². The maximum Gasteiger partial charge on any atom is 0.257 e. The number of benzene rings is 2. The quantitative estimate of drug-likeness (QED) is 0.849. The van der Waals surface area contributed by atoms with Gasteiger partial charge in [-0.2, -0.15) is 0 Å². The number of carbonyl (C=O) groups excluding carboxylic acids is 1. The predicted octanol–water partition coefficient (Wildman–Crippen LogP) is 3.32. The lowest BCUT2D eigenvalue weighted by atomic mass is 10.0. The molecule has 6 nitrogen and oxygen atoms in total. The fraction of sp³-hybridized carbons (Fsp3) is 0.381. The topological polar surface area (TPSA) is 54.0 Å². The molecule has 6 heteroatoms. The minimum Gasteiger partial charge on any atom is -0.454 e. The zero-order chi connectivity index (χ0) is 18.8. The summed E-state index contributed by atoms with van der Waals surface area (Å²) in [6, 6.07) is 13.6. The number of hydrogen-bond acceptors (Lipinski definition) is 5. The van der Waals surface area contributed by atoms with Gasteiger partial charge in [0.1, 0.15) is 6.17 Å². The molecule has 0 spiro atoms. The number of fused-ring (bicyclic) bond motifs is 2. The summed E-state index contributed by atoms with van der Waals surface area (Å²) in [5, 5.41) is 3.53. The molecule has 0 fully saturated rings. The summed E-state index contributed by atoms with van der Waals surface area (Å²) in [5.74, 6) is 1.53. The van der Waals surface area contributed by atoms with Gasteiger partial charge in [0.25, 0.3) is 5.91 Å². The van der Waals surface area contributed by atoms with E-state index >= 15 is 0 Å². The Morgan fingerprint density at radius 1 is 1.11 bits per heavy atom. The summed E-state index contributed by atoms with van der Waals surface area (Å²) in [6.45, 7) is 7.96. The van der Waals surface area contributed by atoms with Crippen LogP contribution < -0.4 is 14.8 Å². The van der Waals surface area contributed by atoms with Gasteiger partial charge in [-0.15, -0.1) is 0 Å². The van der Waals surface area contributed by atoms with E-state index < -0.39 is 0 Å². The largest absolute Gasteiger partial charge is 0.454 e. The fourth-order valence-corrected chi connectivity index (χ4v) is 3.66. The van der Waals surface area contributed by atoms with Crippen LogP contribution in [0.1, 0.15) is 35.9 Å². The van der Waals surface area contributed by atoms with Crippen molar-refractivity contribution in [2.24, 2.45) is 0 Å². The van der Waals surface area contributed by atoms with E-state index in [1.165, 1.54) is 0 Å². The third-order valence-electron chi connectivity index (χ3n) is 5.29. The third-order valence-corrected chi connectivity index (χ3v) is 5.29. The van der Waals surface area contributed by atoms with Crippen molar-refractivity contribution in [2.75, 3.05) is 38.3 Å². The highest BCUT2D eigenvalue weighted by molar-refractivity contribution is 6.01. The van der Waals surface area contributed by atoms with E-state index in [4.69, 9.17) is 9.47 Å². The highest BCUT2D eigenvalue weighted by Crippen LogP contribution is 2.38. The number of likely N-dealkylation sites (N-methyl/N-ethyl adjacent to an activating group) is 1. The van der Waals surface area contributed by atoms with Crippen molar-refractivity contribution < 1.29 is 14.3 Å². The van der Waals surface area contributed by atoms with Gasteiger partial charge in [0.2, 0.25) is 6.79 Å². The zero-order valence-electron chi connectivity index (χ0n) is 15.8.